The predicted octanol–water partition coefficient (Wildman–Crippen LogP) is 1.50. The second kappa shape index (κ2) is 19.9. The molecule has 0 aliphatic rings. The Morgan fingerprint density at radius 2 is 1.18 bits per heavy atom. The van der Waals surface area contributed by atoms with Gasteiger partial charge in [-0.1, -0.05) is 78.1 Å². The maximum absolute atomic E-state index is 8.74. The first-order valence-electron chi connectivity index (χ1n) is 8.26. The molecular formula is C15H36NNaO4S. The van der Waals surface area contributed by atoms with Crippen LogP contribution in [0.2, 0.25) is 0 Å². The summed E-state index contributed by atoms with van der Waals surface area (Å²) < 4.78 is 31.6. The Hall–Kier alpha value is 0.830. The van der Waals surface area contributed by atoms with Gasteiger partial charge in [0.2, 0.25) is 0 Å². The molecule has 7 heteroatoms. The second-order valence-corrected chi connectivity index (χ2v) is 6.48. The van der Waals surface area contributed by atoms with E-state index in [-0.39, 0.29) is 31.0 Å². The molecule has 0 aromatic rings. The minimum Gasteiger partial charge on any atom is -1.00 e. The topological polar surface area (TPSA) is 101 Å². The third-order valence-electron chi connectivity index (χ3n) is 3.45. The van der Waals surface area contributed by atoms with Crippen molar-refractivity contribution in [2.75, 3.05) is 0 Å². The second-order valence-electron chi connectivity index (χ2n) is 5.59. The van der Waals surface area contributed by atoms with Crippen molar-refractivity contribution in [2.45, 2.75) is 96.9 Å². The van der Waals surface area contributed by atoms with Crippen molar-refractivity contribution in [1.29, 1.82) is 0 Å². The molecular weight excluding hydrogens is 313 g/mol. The van der Waals surface area contributed by atoms with Crippen LogP contribution in [0.15, 0.2) is 0 Å². The van der Waals surface area contributed by atoms with Crippen LogP contribution in [0.25, 0.3) is 0 Å². The van der Waals surface area contributed by atoms with E-state index >= 15 is 0 Å². The molecule has 0 radical (unpaired) electrons. The van der Waals surface area contributed by atoms with E-state index in [1.165, 1.54) is 70.6 Å². The maximum atomic E-state index is 8.74. The summed E-state index contributed by atoms with van der Waals surface area (Å²) in [5, 5.41) is 0. The van der Waals surface area contributed by atoms with E-state index in [1.54, 1.807) is 0 Å². The molecule has 0 aromatic heterocycles. The summed E-state index contributed by atoms with van der Waals surface area (Å²) in [6, 6.07) is 0.453. The van der Waals surface area contributed by atoms with E-state index in [9.17, 15) is 0 Å². The monoisotopic (exact) mass is 349 g/mol. The average molecular weight is 350 g/mol. The normalized spacial score (nSPS) is 12.0. The fraction of sp³-hybridized carbons (Fsp3) is 1.00. The summed E-state index contributed by atoms with van der Waals surface area (Å²) in [6.07, 6.45) is 16.5. The van der Waals surface area contributed by atoms with Crippen LogP contribution >= 0.6 is 0 Å². The molecule has 0 aliphatic carbocycles. The summed E-state index contributed by atoms with van der Waals surface area (Å²) in [5.41, 5.74) is 5.88. The van der Waals surface area contributed by atoms with Gasteiger partial charge in [-0.05, 0) is 12.8 Å². The summed E-state index contributed by atoms with van der Waals surface area (Å²) in [7, 11) is -4.67. The Bertz CT molecular complexity index is 298. The van der Waals surface area contributed by atoms with Gasteiger partial charge in [0.1, 0.15) is 0 Å². The van der Waals surface area contributed by atoms with Crippen molar-refractivity contribution in [1.82, 2.24) is 0 Å². The average Bonchev–Trinajstić information content (AvgIpc) is 2.38. The van der Waals surface area contributed by atoms with E-state index in [0.717, 1.165) is 6.42 Å². The third kappa shape index (κ3) is 37.2. The molecule has 0 amide bonds. The SMILES string of the molecule is CCCCCCCCCCCCC(N)CC.O=S(=O)(O)O.[H-].[Na+]. The van der Waals surface area contributed by atoms with Gasteiger partial charge in [0, 0.05) is 6.04 Å². The molecule has 5 nitrogen and oxygen atoms in total. The van der Waals surface area contributed by atoms with Crippen molar-refractivity contribution in [2.24, 2.45) is 5.73 Å². The molecule has 0 heterocycles. The minimum atomic E-state index is -4.67. The van der Waals surface area contributed by atoms with E-state index in [2.05, 4.69) is 13.8 Å². The van der Waals surface area contributed by atoms with Gasteiger partial charge in [0.05, 0.1) is 0 Å². The van der Waals surface area contributed by atoms with Crippen molar-refractivity contribution in [3.8, 4) is 0 Å². The Balaban J connectivity index is -0.000000225. The quantitative estimate of drug-likeness (QED) is 0.282. The van der Waals surface area contributed by atoms with Crippen LogP contribution in [0.4, 0.5) is 0 Å². The van der Waals surface area contributed by atoms with Gasteiger partial charge in [0.15, 0.2) is 0 Å². The van der Waals surface area contributed by atoms with Crippen LogP contribution in [0.5, 0.6) is 0 Å². The van der Waals surface area contributed by atoms with E-state index in [4.69, 9.17) is 23.3 Å². The zero-order valence-electron chi connectivity index (χ0n) is 15.8. The van der Waals surface area contributed by atoms with Crippen molar-refractivity contribution in [3.05, 3.63) is 0 Å². The standard InChI is InChI=1S/C15H33N.Na.H2O4S.H/c1-3-5-6-7-8-9-10-11-12-13-14-15(16)4-2;;1-5(2,3)4;/h15H,3-14,16H2,1-2H3;;(H2,1,2,3,4);/q;+1;;-1. The summed E-state index contributed by atoms with van der Waals surface area (Å²) >= 11 is 0. The summed E-state index contributed by atoms with van der Waals surface area (Å²) in [4.78, 5) is 0. The zero-order chi connectivity index (χ0) is 16.6. The Labute approximate surface area is 161 Å². The molecule has 0 bridgehead atoms. The van der Waals surface area contributed by atoms with Gasteiger partial charge in [-0.25, -0.2) is 0 Å². The molecule has 0 saturated heterocycles. The van der Waals surface area contributed by atoms with Crippen LogP contribution in [-0.2, 0) is 10.4 Å². The van der Waals surface area contributed by atoms with Gasteiger partial charge in [0.25, 0.3) is 0 Å². The van der Waals surface area contributed by atoms with Gasteiger partial charge in [-0.2, -0.15) is 8.42 Å². The Morgan fingerprint density at radius 1 is 0.864 bits per heavy atom. The van der Waals surface area contributed by atoms with Crippen molar-refractivity contribution in [3.63, 3.8) is 0 Å². The smallest absolute Gasteiger partial charge is 1.00 e. The molecule has 0 spiro atoms. The largest absolute Gasteiger partial charge is 1.00 e. The molecule has 0 fully saturated rings. The molecule has 0 aliphatic heterocycles. The van der Waals surface area contributed by atoms with Crippen LogP contribution in [0.3, 0.4) is 0 Å². The fourth-order valence-corrected chi connectivity index (χ4v) is 2.10. The van der Waals surface area contributed by atoms with Crippen molar-refractivity contribution < 1.29 is 48.5 Å². The van der Waals surface area contributed by atoms with Crippen LogP contribution in [-0.4, -0.2) is 23.6 Å². The number of hydrogen-bond acceptors (Lipinski definition) is 3. The number of nitrogens with two attached hydrogens (primary N) is 1. The van der Waals surface area contributed by atoms with Crippen molar-refractivity contribution >= 4 is 10.4 Å². The molecule has 22 heavy (non-hydrogen) atoms. The summed E-state index contributed by atoms with van der Waals surface area (Å²) in [6.45, 7) is 4.46. The molecule has 0 aromatic carbocycles. The van der Waals surface area contributed by atoms with Crippen LogP contribution in [0, 0.1) is 0 Å². The fourth-order valence-electron chi connectivity index (χ4n) is 2.10. The van der Waals surface area contributed by atoms with Gasteiger partial charge >= 0.3 is 40.0 Å². The molecule has 4 N–H and O–H groups in total. The van der Waals surface area contributed by atoms with Gasteiger partial charge in [-0.15, -0.1) is 0 Å². The van der Waals surface area contributed by atoms with Gasteiger partial charge < -0.3 is 7.16 Å². The molecule has 1 unspecified atom stereocenters. The maximum Gasteiger partial charge on any atom is 1.00 e. The van der Waals surface area contributed by atoms with Gasteiger partial charge in [-0.3, -0.25) is 9.11 Å². The van der Waals surface area contributed by atoms with E-state index in [1.807, 2.05) is 0 Å². The first-order valence-corrected chi connectivity index (χ1v) is 9.66. The minimum absolute atomic E-state index is 0. The first-order chi connectivity index (χ1) is 9.81. The van der Waals surface area contributed by atoms with E-state index in [0.29, 0.717) is 6.04 Å². The number of unbranched alkanes of at least 4 members (excludes halogenated alkanes) is 9. The molecule has 132 valence electrons. The Kier molecular flexibility index (Phi) is 25.0. The number of rotatable bonds is 12. The predicted molar refractivity (Wildman–Crippen MR) is 90.0 cm³/mol. The number of hydrogen-bond donors (Lipinski definition) is 3. The van der Waals surface area contributed by atoms with E-state index < -0.39 is 10.4 Å². The zero-order valence-corrected chi connectivity index (χ0v) is 17.6. The van der Waals surface area contributed by atoms with Crippen LogP contribution < -0.4 is 35.3 Å². The molecule has 1 atom stereocenters. The third-order valence-corrected chi connectivity index (χ3v) is 3.45. The summed E-state index contributed by atoms with van der Waals surface area (Å²) in [5.74, 6) is 0. The Morgan fingerprint density at radius 3 is 1.50 bits per heavy atom. The molecule has 0 rings (SSSR count). The van der Waals surface area contributed by atoms with Crippen LogP contribution in [0.1, 0.15) is 92.3 Å². The molecule has 0 saturated carbocycles. The first kappa shape index (κ1) is 27.7.